The van der Waals surface area contributed by atoms with Gasteiger partial charge in [-0.3, -0.25) is 4.79 Å². The fourth-order valence-electron chi connectivity index (χ4n) is 2.89. The van der Waals surface area contributed by atoms with Crippen molar-refractivity contribution < 1.29 is 14.0 Å². The van der Waals surface area contributed by atoms with Crippen molar-refractivity contribution >= 4 is 23.3 Å². The molecule has 144 valence electrons. The summed E-state index contributed by atoms with van der Waals surface area (Å²) < 4.78 is 14.9. The molecular formula is C20H20FN5O2. The SMILES string of the molecule is CC(C)c1c(C(=O)Nc2cccc(NC(N)=O)c2)cnn1-c1ccc(F)cc1. The van der Waals surface area contributed by atoms with Crippen LogP contribution in [0.25, 0.3) is 5.69 Å². The van der Waals surface area contributed by atoms with Crippen LogP contribution in [-0.2, 0) is 0 Å². The van der Waals surface area contributed by atoms with Gasteiger partial charge in [-0.1, -0.05) is 19.9 Å². The first-order valence-electron chi connectivity index (χ1n) is 8.67. The average molecular weight is 381 g/mol. The largest absolute Gasteiger partial charge is 0.351 e. The third-order valence-electron chi connectivity index (χ3n) is 4.06. The molecule has 3 aromatic rings. The van der Waals surface area contributed by atoms with E-state index in [1.807, 2.05) is 13.8 Å². The first kappa shape index (κ1) is 19.1. The van der Waals surface area contributed by atoms with E-state index in [4.69, 9.17) is 5.73 Å². The molecule has 0 aliphatic rings. The number of benzene rings is 2. The molecule has 0 atom stereocenters. The second-order valence-corrected chi connectivity index (χ2v) is 6.51. The van der Waals surface area contributed by atoms with Crippen LogP contribution in [0.4, 0.5) is 20.6 Å². The molecule has 3 amide bonds. The number of carbonyl (C=O) groups is 2. The number of primary amides is 1. The molecule has 4 N–H and O–H groups in total. The monoisotopic (exact) mass is 381 g/mol. The normalized spacial score (nSPS) is 10.7. The van der Waals surface area contributed by atoms with Crippen LogP contribution in [0, 0.1) is 5.82 Å². The molecule has 0 radical (unpaired) electrons. The minimum Gasteiger partial charge on any atom is -0.351 e. The van der Waals surface area contributed by atoms with Crippen LogP contribution in [0.5, 0.6) is 0 Å². The third-order valence-corrected chi connectivity index (χ3v) is 4.06. The van der Waals surface area contributed by atoms with Crippen molar-refractivity contribution in [2.45, 2.75) is 19.8 Å². The van der Waals surface area contributed by atoms with E-state index in [2.05, 4.69) is 15.7 Å². The van der Waals surface area contributed by atoms with E-state index in [0.717, 1.165) is 0 Å². The van der Waals surface area contributed by atoms with E-state index in [1.54, 1.807) is 41.1 Å². The smallest absolute Gasteiger partial charge is 0.316 e. The highest BCUT2D eigenvalue weighted by Gasteiger charge is 2.21. The lowest BCUT2D eigenvalue weighted by atomic mass is 10.0. The van der Waals surface area contributed by atoms with Crippen LogP contribution in [0.3, 0.4) is 0 Å². The number of halogens is 1. The minimum atomic E-state index is -0.689. The summed E-state index contributed by atoms with van der Waals surface area (Å²) in [6.45, 7) is 3.90. The molecule has 0 saturated heterocycles. The Morgan fingerprint density at radius 3 is 2.32 bits per heavy atom. The van der Waals surface area contributed by atoms with Crippen LogP contribution < -0.4 is 16.4 Å². The van der Waals surface area contributed by atoms with Crippen molar-refractivity contribution in [2.75, 3.05) is 10.6 Å². The lowest BCUT2D eigenvalue weighted by Gasteiger charge is -2.13. The molecule has 7 nitrogen and oxygen atoms in total. The lowest BCUT2D eigenvalue weighted by Crippen LogP contribution is -2.19. The van der Waals surface area contributed by atoms with Crippen molar-refractivity contribution in [2.24, 2.45) is 5.73 Å². The van der Waals surface area contributed by atoms with Gasteiger partial charge in [0.05, 0.1) is 23.1 Å². The van der Waals surface area contributed by atoms with Gasteiger partial charge in [-0.15, -0.1) is 0 Å². The van der Waals surface area contributed by atoms with Gasteiger partial charge in [-0.2, -0.15) is 5.10 Å². The average Bonchev–Trinajstić information content (AvgIpc) is 3.07. The molecule has 0 aliphatic heterocycles. The highest BCUT2D eigenvalue weighted by Crippen LogP contribution is 2.24. The maximum atomic E-state index is 13.2. The Hall–Kier alpha value is -3.68. The Balaban J connectivity index is 1.90. The van der Waals surface area contributed by atoms with Crippen LogP contribution >= 0.6 is 0 Å². The summed E-state index contributed by atoms with van der Waals surface area (Å²) in [6, 6.07) is 11.9. The molecular weight excluding hydrogens is 361 g/mol. The second kappa shape index (κ2) is 7.91. The number of nitrogens with one attached hydrogen (secondary N) is 2. The highest BCUT2D eigenvalue weighted by molar-refractivity contribution is 6.05. The van der Waals surface area contributed by atoms with Gasteiger partial charge in [0, 0.05) is 11.4 Å². The van der Waals surface area contributed by atoms with E-state index in [-0.39, 0.29) is 17.6 Å². The number of hydrogen-bond donors (Lipinski definition) is 3. The first-order chi connectivity index (χ1) is 13.3. The number of nitrogens with zero attached hydrogens (tertiary/aromatic N) is 2. The van der Waals surface area contributed by atoms with E-state index in [1.165, 1.54) is 18.3 Å². The number of rotatable bonds is 5. The topological polar surface area (TPSA) is 102 Å². The molecule has 8 heteroatoms. The number of nitrogens with two attached hydrogens (primary N) is 1. The summed E-state index contributed by atoms with van der Waals surface area (Å²) in [5.41, 5.74) is 7.86. The van der Waals surface area contributed by atoms with Gasteiger partial charge in [0.1, 0.15) is 5.82 Å². The van der Waals surface area contributed by atoms with Gasteiger partial charge in [0.15, 0.2) is 0 Å². The predicted octanol–water partition coefficient (Wildman–Crippen LogP) is 3.88. The van der Waals surface area contributed by atoms with Gasteiger partial charge >= 0.3 is 6.03 Å². The Labute approximate surface area is 161 Å². The van der Waals surface area contributed by atoms with Crippen LogP contribution in [0.1, 0.15) is 35.8 Å². The van der Waals surface area contributed by atoms with Crippen molar-refractivity contribution in [1.82, 2.24) is 9.78 Å². The van der Waals surface area contributed by atoms with Crippen molar-refractivity contribution in [1.29, 1.82) is 0 Å². The molecule has 1 heterocycles. The van der Waals surface area contributed by atoms with E-state index >= 15 is 0 Å². The van der Waals surface area contributed by atoms with E-state index < -0.39 is 6.03 Å². The second-order valence-electron chi connectivity index (χ2n) is 6.51. The van der Waals surface area contributed by atoms with Gasteiger partial charge in [0.2, 0.25) is 0 Å². The lowest BCUT2D eigenvalue weighted by molar-refractivity contribution is 0.102. The molecule has 0 bridgehead atoms. The number of anilines is 2. The summed E-state index contributed by atoms with van der Waals surface area (Å²) in [6.07, 6.45) is 1.49. The van der Waals surface area contributed by atoms with Crippen molar-refractivity contribution in [3.63, 3.8) is 0 Å². The van der Waals surface area contributed by atoms with Crippen LogP contribution in [-0.4, -0.2) is 21.7 Å². The molecule has 2 aromatic carbocycles. The Morgan fingerprint density at radius 1 is 1.07 bits per heavy atom. The Morgan fingerprint density at radius 2 is 1.71 bits per heavy atom. The maximum Gasteiger partial charge on any atom is 0.316 e. The quantitative estimate of drug-likeness (QED) is 0.625. The zero-order valence-corrected chi connectivity index (χ0v) is 15.4. The summed E-state index contributed by atoms with van der Waals surface area (Å²) in [4.78, 5) is 23.8. The van der Waals surface area contributed by atoms with Gasteiger partial charge in [0.25, 0.3) is 5.91 Å². The summed E-state index contributed by atoms with van der Waals surface area (Å²) in [5, 5.41) is 9.57. The first-order valence-corrected chi connectivity index (χ1v) is 8.67. The molecule has 0 fully saturated rings. The van der Waals surface area contributed by atoms with Gasteiger partial charge < -0.3 is 16.4 Å². The maximum absolute atomic E-state index is 13.2. The van der Waals surface area contributed by atoms with Gasteiger partial charge in [-0.05, 0) is 48.4 Å². The fraction of sp³-hybridized carbons (Fsp3) is 0.150. The summed E-state index contributed by atoms with van der Waals surface area (Å²) in [7, 11) is 0. The van der Waals surface area contributed by atoms with Crippen molar-refractivity contribution in [3.05, 3.63) is 71.8 Å². The standard InChI is InChI=1S/C20H20FN5O2/c1-12(2)18-17(11-23-26(18)16-8-6-13(21)7-9-16)19(27)24-14-4-3-5-15(10-14)25-20(22)28/h3-12H,1-2H3,(H,24,27)(H3,22,25,28). The predicted molar refractivity (Wildman–Crippen MR) is 105 cm³/mol. The molecule has 0 saturated carbocycles. The number of aromatic nitrogens is 2. The Bertz CT molecular complexity index is 1010. The zero-order valence-electron chi connectivity index (χ0n) is 15.4. The minimum absolute atomic E-state index is 0.00355. The number of urea groups is 1. The zero-order chi connectivity index (χ0) is 20.3. The molecule has 1 aromatic heterocycles. The van der Waals surface area contributed by atoms with Crippen LogP contribution in [0.2, 0.25) is 0 Å². The van der Waals surface area contributed by atoms with E-state index in [0.29, 0.717) is 28.3 Å². The molecule has 3 rings (SSSR count). The Kier molecular flexibility index (Phi) is 5.39. The van der Waals surface area contributed by atoms with Crippen molar-refractivity contribution in [3.8, 4) is 5.69 Å². The molecule has 0 unspecified atom stereocenters. The summed E-state index contributed by atoms with van der Waals surface area (Å²) in [5.74, 6) is -0.686. The van der Waals surface area contributed by atoms with Crippen LogP contribution in [0.15, 0.2) is 54.7 Å². The molecule has 28 heavy (non-hydrogen) atoms. The molecule has 0 spiro atoms. The number of amides is 3. The number of carbonyl (C=O) groups excluding carboxylic acids is 2. The highest BCUT2D eigenvalue weighted by atomic mass is 19.1. The fourth-order valence-corrected chi connectivity index (χ4v) is 2.89. The van der Waals surface area contributed by atoms with Gasteiger partial charge in [-0.25, -0.2) is 13.9 Å². The summed E-state index contributed by atoms with van der Waals surface area (Å²) >= 11 is 0. The number of hydrogen-bond acceptors (Lipinski definition) is 3. The van der Waals surface area contributed by atoms with E-state index in [9.17, 15) is 14.0 Å². The third kappa shape index (κ3) is 4.17. The molecule has 0 aliphatic carbocycles.